The van der Waals surface area contributed by atoms with E-state index in [0.29, 0.717) is 11.4 Å². The van der Waals surface area contributed by atoms with Crippen LogP contribution in [0.15, 0.2) is 46.2 Å². The lowest BCUT2D eigenvalue weighted by Gasteiger charge is -2.06. The minimum atomic E-state index is -3.55. The quantitative estimate of drug-likeness (QED) is 0.880. The molecule has 1 aromatic carbocycles. The minimum Gasteiger partial charge on any atom is -0.497 e. The third-order valence-electron chi connectivity index (χ3n) is 2.30. The van der Waals surface area contributed by atoms with Gasteiger partial charge in [-0.15, -0.1) is 0 Å². The first kappa shape index (κ1) is 12.6. The topological polar surface area (TPSA) is 81.4 Å². The van der Waals surface area contributed by atoms with Gasteiger partial charge in [-0.1, -0.05) is 0 Å². The molecule has 0 fully saturated rings. The molecular formula is C11H12N2O4S. The zero-order valence-corrected chi connectivity index (χ0v) is 10.5. The lowest BCUT2D eigenvalue weighted by atomic mass is 10.3. The fourth-order valence-corrected chi connectivity index (χ4v) is 2.33. The number of rotatable bonds is 5. The largest absolute Gasteiger partial charge is 0.497 e. The third-order valence-corrected chi connectivity index (χ3v) is 3.71. The van der Waals surface area contributed by atoms with Gasteiger partial charge in [-0.25, -0.2) is 18.1 Å². The molecule has 1 N–H and O–H groups in total. The average molecular weight is 268 g/mol. The Labute approximate surface area is 105 Å². The Hall–Kier alpha value is -1.86. The molecule has 0 bridgehead atoms. The Morgan fingerprint density at radius 2 is 2.06 bits per heavy atom. The van der Waals surface area contributed by atoms with Crippen molar-refractivity contribution >= 4 is 10.0 Å². The molecule has 2 aromatic rings. The second kappa shape index (κ2) is 5.19. The summed E-state index contributed by atoms with van der Waals surface area (Å²) in [5, 5.41) is 0. The predicted octanol–water partition coefficient (Wildman–Crippen LogP) is 1.16. The van der Waals surface area contributed by atoms with E-state index >= 15 is 0 Å². The summed E-state index contributed by atoms with van der Waals surface area (Å²) in [4.78, 5) is 4.00. The molecule has 18 heavy (non-hydrogen) atoms. The van der Waals surface area contributed by atoms with Gasteiger partial charge in [0.2, 0.25) is 10.0 Å². The van der Waals surface area contributed by atoms with Crippen molar-refractivity contribution in [2.75, 3.05) is 7.11 Å². The van der Waals surface area contributed by atoms with E-state index in [0.717, 1.165) is 0 Å². The van der Waals surface area contributed by atoms with Gasteiger partial charge in [0.1, 0.15) is 12.0 Å². The monoisotopic (exact) mass is 268 g/mol. The second-order valence-corrected chi connectivity index (χ2v) is 5.25. The number of ether oxygens (including phenoxy) is 1. The van der Waals surface area contributed by atoms with E-state index in [1.165, 1.54) is 31.9 Å². The number of nitrogens with zero attached hydrogens (tertiary/aromatic N) is 1. The highest BCUT2D eigenvalue weighted by Gasteiger charge is 2.14. The Morgan fingerprint density at radius 3 is 2.61 bits per heavy atom. The van der Waals surface area contributed by atoms with Crippen molar-refractivity contribution in [3.05, 3.63) is 42.6 Å². The maximum Gasteiger partial charge on any atom is 0.240 e. The molecule has 6 nitrogen and oxygen atoms in total. The molecule has 0 amide bonds. The summed E-state index contributed by atoms with van der Waals surface area (Å²) in [5.74, 6) is 0.602. The van der Waals surface area contributed by atoms with Crippen LogP contribution in [0.3, 0.4) is 0 Å². The number of nitrogens with one attached hydrogen (secondary N) is 1. The minimum absolute atomic E-state index is 0.0882. The maximum absolute atomic E-state index is 11.9. The first-order valence-corrected chi connectivity index (χ1v) is 6.61. The van der Waals surface area contributed by atoms with Crippen LogP contribution >= 0.6 is 0 Å². The van der Waals surface area contributed by atoms with Crippen LogP contribution in [0, 0.1) is 0 Å². The van der Waals surface area contributed by atoms with Gasteiger partial charge in [-0.3, -0.25) is 0 Å². The van der Waals surface area contributed by atoms with E-state index in [-0.39, 0.29) is 11.4 Å². The van der Waals surface area contributed by atoms with Crippen molar-refractivity contribution in [1.82, 2.24) is 9.71 Å². The Morgan fingerprint density at radius 1 is 1.33 bits per heavy atom. The molecule has 96 valence electrons. The van der Waals surface area contributed by atoms with Crippen molar-refractivity contribution in [3.63, 3.8) is 0 Å². The van der Waals surface area contributed by atoms with Gasteiger partial charge >= 0.3 is 0 Å². The molecule has 7 heteroatoms. The summed E-state index contributed by atoms with van der Waals surface area (Å²) < 4.78 is 36.0. The van der Waals surface area contributed by atoms with E-state index in [9.17, 15) is 8.42 Å². The van der Waals surface area contributed by atoms with Crippen molar-refractivity contribution in [1.29, 1.82) is 0 Å². The SMILES string of the molecule is COc1ccc(S(=O)(=O)NCc2cocn2)cc1. The molecule has 1 heterocycles. The molecule has 2 rings (SSSR count). The number of sulfonamides is 1. The van der Waals surface area contributed by atoms with Crippen LogP contribution in [0.25, 0.3) is 0 Å². The molecule has 1 aromatic heterocycles. The molecule has 0 atom stereocenters. The van der Waals surface area contributed by atoms with Crippen LogP contribution in [0.2, 0.25) is 0 Å². The van der Waals surface area contributed by atoms with E-state index < -0.39 is 10.0 Å². The normalized spacial score (nSPS) is 11.4. The summed E-state index contributed by atoms with van der Waals surface area (Å²) in [7, 11) is -2.03. The number of aromatic nitrogens is 1. The summed E-state index contributed by atoms with van der Waals surface area (Å²) in [5.41, 5.74) is 0.520. The first-order valence-electron chi connectivity index (χ1n) is 5.12. The van der Waals surface area contributed by atoms with Gasteiger partial charge in [0.05, 0.1) is 24.2 Å². The van der Waals surface area contributed by atoms with E-state index in [4.69, 9.17) is 9.15 Å². The van der Waals surface area contributed by atoms with Crippen LogP contribution < -0.4 is 9.46 Å². The number of benzene rings is 1. The molecular weight excluding hydrogens is 256 g/mol. The summed E-state index contributed by atoms with van der Waals surface area (Å²) in [6, 6.07) is 6.13. The third kappa shape index (κ3) is 2.88. The maximum atomic E-state index is 11.9. The van der Waals surface area contributed by atoms with Gasteiger partial charge in [0, 0.05) is 0 Å². The average Bonchev–Trinajstić information content (AvgIpc) is 2.90. The predicted molar refractivity (Wildman–Crippen MR) is 63.5 cm³/mol. The molecule has 0 unspecified atom stereocenters. The van der Waals surface area contributed by atoms with E-state index in [1.807, 2.05) is 0 Å². The Bertz CT molecular complexity index is 590. The molecule has 0 spiro atoms. The van der Waals surface area contributed by atoms with E-state index in [1.54, 1.807) is 12.1 Å². The number of methoxy groups -OCH3 is 1. The highest BCUT2D eigenvalue weighted by Crippen LogP contribution is 2.15. The van der Waals surface area contributed by atoms with Crippen LogP contribution in [0.5, 0.6) is 5.75 Å². The summed E-state index contributed by atoms with van der Waals surface area (Å²) in [6.07, 6.45) is 2.63. The zero-order chi connectivity index (χ0) is 13.0. The lowest BCUT2D eigenvalue weighted by Crippen LogP contribution is -2.23. The first-order chi connectivity index (χ1) is 8.62. The van der Waals surface area contributed by atoms with Gasteiger partial charge in [-0.2, -0.15) is 0 Å². The molecule has 0 aliphatic rings. The number of hydrogen-bond acceptors (Lipinski definition) is 5. The molecule has 0 saturated carbocycles. The van der Waals surface area contributed by atoms with Gasteiger partial charge in [0.25, 0.3) is 0 Å². The lowest BCUT2D eigenvalue weighted by molar-refractivity contribution is 0.414. The highest BCUT2D eigenvalue weighted by atomic mass is 32.2. The van der Waals surface area contributed by atoms with Crippen molar-refractivity contribution in [2.45, 2.75) is 11.4 Å². The van der Waals surface area contributed by atoms with Crippen LogP contribution in [0.1, 0.15) is 5.69 Å². The molecule has 0 aliphatic heterocycles. The summed E-state index contributed by atoms with van der Waals surface area (Å²) >= 11 is 0. The second-order valence-electron chi connectivity index (χ2n) is 3.48. The zero-order valence-electron chi connectivity index (χ0n) is 9.66. The Balaban J connectivity index is 2.09. The van der Waals surface area contributed by atoms with Gasteiger partial charge in [-0.05, 0) is 24.3 Å². The molecule has 0 saturated heterocycles. The fourth-order valence-electron chi connectivity index (χ4n) is 1.33. The van der Waals surface area contributed by atoms with Crippen LogP contribution in [-0.4, -0.2) is 20.5 Å². The highest BCUT2D eigenvalue weighted by molar-refractivity contribution is 7.89. The number of hydrogen-bond donors (Lipinski definition) is 1. The fraction of sp³-hybridized carbons (Fsp3) is 0.182. The van der Waals surface area contributed by atoms with Gasteiger partial charge < -0.3 is 9.15 Å². The smallest absolute Gasteiger partial charge is 0.240 e. The van der Waals surface area contributed by atoms with Crippen LogP contribution in [-0.2, 0) is 16.6 Å². The van der Waals surface area contributed by atoms with E-state index in [2.05, 4.69) is 9.71 Å². The van der Waals surface area contributed by atoms with Crippen molar-refractivity contribution < 1.29 is 17.6 Å². The van der Waals surface area contributed by atoms with Crippen LogP contribution in [0.4, 0.5) is 0 Å². The summed E-state index contributed by atoms with van der Waals surface area (Å²) in [6.45, 7) is 0.0882. The Kier molecular flexibility index (Phi) is 3.63. The standard InChI is InChI=1S/C11H12N2O4S/c1-16-10-2-4-11(5-3-10)18(14,15)13-6-9-7-17-8-12-9/h2-5,7-8,13H,6H2,1H3. The van der Waals surface area contributed by atoms with Crippen molar-refractivity contribution in [3.8, 4) is 5.75 Å². The van der Waals surface area contributed by atoms with Crippen molar-refractivity contribution in [2.24, 2.45) is 0 Å². The molecule has 0 aliphatic carbocycles. The van der Waals surface area contributed by atoms with Gasteiger partial charge in [0.15, 0.2) is 6.39 Å². The number of oxazole rings is 1. The molecule has 0 radical (unpaired) electrons.